The Morgan fingerprint density at radius 2 is 0.980 bits per heavy atom. The lowest BCUT2D eigenvalue weighted by molar-refractivity contribution is -0.996. The molecule has 0 spiro atoms. The number of amides is 2. The van der Waals surface area contributed by atoms with E-state index in [1.54, 1.807) is 23.6 Å². The van der Waals surface area contributed by atoms with Gasteiger partial charge < -0.3 is 46.2 Å². The molecule has 2 aromatic carbocycles. The lowest BCUT2D eigenvalue weighted by Gasteiger charge is -2.27. The van der Waals surface area contributed by atoms with Crippen LogP contribution < -0.4 is 41.3 Å². The second kappa shape index (κ2) is 23.1. The summed E-state index contributed by atoms with van der Waals surface area (Å²) in [5.41, 5.74) is -1.35. The van der Waals surface area contributed by atoms with Gasteiger partial charge in [0.05, 0.1) is 12.1 Å². The predicted molar refractivity (Wildman–Crippen MR) is 192 cm³/mol. The second-order valence-corrected chi connectivity index (χ2v) is 11.9. The van der Waals surface area contributed by atoms with Crippen molar-refractivity contribution in [3.8, 4) is 0 Å². The van der Waals surface area contributed by atoms with Crippen molar-refractivity contribution in [1.29, 1.82) is 0 Å². The number of hydrogen-bond acceptors (Lipinski definition) is 13. The van der Waals surface area contributed by atoms with E-state index in [-0.39, 0.29) is 71.1 Å². The van der Waals surface area contributed by atoms with Crippen molar-refractivity contribution < 1.29 is 51.3 Å². The van der Waals surface area contributed by atoms with Crippen LogP contribution in [-0.4, -0.2) is 109 Å². The van der Waals surface area contributed by atoms with Crippen LogP contribution >= 0.6 is 35.6 Å². The van der Waals surface area contributed by atoms with Gasteiger partial charge in [0, 0.05) is 51.0 Å². The van der Waals surface area contributed by atoms with E-state index in [1.807, 2.05) is 11.9 Å². The summed E-state index contributed by atoms with van der Waals surface area (Å²) < 4.78 is 0. The number of halogens is 3. The fourth-order valence-electron chi connectivity index (χ4n) is 5.28. The summed E-state index contributed by atoms with van der Waals surface area (Å²) in [6.07, 6.45) is 0.975. The Morgan fingerprint density at radius 3 is 1.25 bits per heavy atom. The second-order valence-electron chi connectivity index (χ2n) is 11.1. The number of anilines is 2. The summed E-state index contributed by atoms with van der Waals surface area (Å²) >= 11 is 11.7. The quantitative estimate of drug-likeness (QED) is 0.0380. The highest BCUT2D eigenvalue weighted by molar-refractivity contribution is 6.18. The molecule has 290 valence electrons. The molecule has 2 amide bonds. The molecule has 2 rings (SSSR count). The number of quaternary nitrogens is 4. The standard InChI is InChI=1S/C29H47Cl2N9O10.ClH/c1-4-35(14-8-30)24-16-20(22(37(43)44)18-26(24)39(47)48)28(41)32-10-6-12-34(3)13-7-11-33-29(42)21-17-25(36(5-2)15-9-31)27(40(49)50)19-23(21)38(45)46;/h16-19,37-40,43,45,47,49H,4-15H2,1-3H3,(H,32,41)(H,33,42);1H. The average molecular weight is 789 g/mol. The van der Waals surface area contributed by atoms with Crippen molar-refractivity contribution in [2.45, 2.75) is 26.7 Å². The third-order valence-corrected chi connectivity index (χ3v) is 8.18. The highest BCUT2D eigenvalue weighted by atomic mass is 35.5. The molecule has 0 bridgehead atoms. The number of rotatable bonds is 22. The number of carbonyl (C=O) groups is 2. The van der Waals surface area contributed by atoms with E-state index in [1.165, 1.54) is 12.1 Å². The number of nitrogens with zero attached hydrogens (tertiary/aromatic N) is 3. The van der Waals surface area contributed by atoms with Crippen LogP contribution in [0.2, 0.25) is 0 Å². The summed E-state index contributed by atoms with van der Waals surface area (Å²) in [6, 6.07) is 4.48. The zero-order valence-corrected chi connectivity index (χ0v) is 30.9. The van der Waals surface area contributed by atoms with Gasteiger partial charge >= 0.3 is 0 Å². The molecule has 0 heterocycles. The van der Waals surface area contributed by atoms with Crippen LogP contribution in [0.5, 0.6) is 0 Å². The van der Waals surface area contributed by atoms with Crippen LogP contribution in [0, 0.1) is 20.8 Å². The molecular weight excluding hydrogens is 741 g/mol. The van der Waals surface area contributed by atoms with Gasteiger partial charge in [0.15, 0.2) is 22.7 Å². The molecule has 22 heteroatoms. The number of alkyl halides is 2. The molecule has 0 aliphatic rings. The average Bonchev–Trinajstić information content (AvgIpc) is 3.08. The lowest BCUT2D eigenvalue weighted by atomic mass is 10.1. The third-order valence-electron chi connectivity index (χ3n) is 7.84. The third kappa shape index (κ3) is 13.4. The van der Waals surface area contributed by atoms with Gasteiger partial charge in [-0.2, -0.15) is 20.9 Å². The van der Waals surface area contributed by atoms with Crippen molar-refractivity contribution in [2.75, 3.05) is 81.0 Å². The Balaban J connectivity index is 0.0000130. The van der Waals surface area contributed by atoms with Crippen LogP contribution in [-0.2, 0) is 0 Å². The van der Waals surface area contributed by atoms with Crippen LogP contribution in [0.25, 0.3) is 0 Å². The van der Waals surface area contributed by atoms with E-state index < -0.39 is 44.1 Å². The Kier molecular flexibility index (Phi) is 21.0. The van der Waals surface area contributed by atoms with E-state index >= 15 is 0 Å². The summed E-state index contributed by atoms with van der Waals surface area (Å²) in [4.78, 5) is 31.3. The first kappa shape index (κ1) is 46.4. The monoisotopic (exact) mass is 787 g/mol. The minimum atomic E-state index is -1.44. The molecule has 0 aromatic heterocycles. The first-order valence-electron chi connectivity index (χ1n) is 15.9. The fraction of sp³-hybridized carbons (Fsp3) is 0.517. The van der Waals surface area contributed by atoms with Gasteiger partial charge in [-0.15, -0.1) is 35.6 Å². The minimum absolute atomic E-state index is 0. The molecule has 19 nitrogen and oxygen atoms in total. The van der Waals surface area contributed by atoms with Crippen molar-refractivity contribution in [3.05, 3.63) is 56.2 Å². The number of benzene rings is 2. The minimum Gasteiger partial charge on any atom is -0.595 e. The van der Waals surface area contributed by atoms with Crippen molar-refractivity contribution >= 4 is 81.5 Å². The molecule has 0 saturated carbocycles. The van der Waals surface area contributed by atoms with Gasteiger partial charge in [0.1, 0.15) is 22.5 Å². The van der Waals surface area contributed by atoms with Gasteiger partial charge in [0.25, 0.3) is 11.8 Å². The van der Waals surface area contributed by atoms with Crippen LogP contribution in [0.4, 0.5) is 34.1 Å². The van der Waals surface area contributed by atoms with Crippen molar-refractivity contribution in [3.63, 3.8) is 0 Å². The molecule has 2 aromatic rings. The molecule has 0 aliphatic heterocycles. The Bertz CT molecular complexity index is 1290. The largest absolute Gasteiger partial charge is 0.595 e. The van der Waals surface area contributed by atoms with E-state index in [4.69, 9.17) is 23.2 Å². The van der Waals surface area contributed by atoms with Crippen LogP contribution in [0.3, 0.4) is 0 Å². The normalized spacial score (nSPS) is 13.6. The molecule has 10 N–H and O–H groups in total. The van der Waals surface area contributed by atoms with Gasteiger partial charge in [0.2, 0.25) is 0 Å². The maximum absolute atomic E-state index is 13.0. The topological polar surface area (TPSA) is 259 Å². The van der Waals surface area contributed by atoms with Crippen molar-refractivity contribution in [1.82, 2.24) is 15.5 Å². The number of carbonyl (C=O) groups excluding carboxylic acids is 2. The highest BCUT2D eigenvalue weighted by Gasteiger charge is 2.27. The van der Waals surface area contributed by atoms with E-state index in [0.29, 0.717) is 52.1 Å². The first-order valence-corrected chi connectivity index (χ1v) is 16.9. The number of hydrogen-bond donors (Lipinski definition) is 10. The Hall–Kier alpha value is -2.67. The van der Waals surface area contributed by atoms with E-state index in [0.717, 1.165) is 12.1 Å². The Labute approximate surface area is 311 Å². The summed E-state index contributed by atoms with van der Waals surface area (Å²) in [6.45, 7) is 6.35. The molecule has 0 aliphatic carbocycles. The van der Waals surface area contributed by atoms with Crippen LogP contribution in [0.1, 0.15) is 47.4 Å². The first-order chi connectivity index (χ1) is 23.7. The maximum Gasteiger partial charge on any atom is 0.257 e. The highest BCUT2D eigenvalue weighted by Crippen LogP contribution is 2.30. The van der Waals surface area contributed by atoms with E-state index in [2.05, 4.69) is 10.6 Å². The molecule has 0 fully saturated rings. The van der Waals surface area contributed by atoms with Gasteiger partial charge in [-0.3, -0.25) is 9.59 Å². The van der Waals surface area contributed by atoms with Gasteiger partial charge in [-0.1, -0.05) is 0 Å². The molecule has 0 radical (unpaired) electrons. The predicted octanol–water partition coefficient (Wildman–Crippen LogP) is -1.28. The molecule has 0 saturated heterocycles. The fourth-order valence-corrected chi connectivity index (χ4v) is 5.69. The lowest BCUT2D eigenvalue weighted by Crippen LogP contribution is -3.01. The summed E-state index contributed by atoms with van der Waals surface area (Å²) in [5.74, 6) is -0.954. The van der Waals surface area contributed by atoms with E-state index in [9.17, 15) is 51.2 Å². The summed E-state index contributed by atoms with van der Waals surface area (Å²) in [5, 5.41) is 86.2. The summed E-state index contributed by atoms with van der Waals surface area (Å²) in [7, 11) is 1.83. The van der Waals surface area contributed by atoms with Crippen molar-refractivity contribution in [2.24, 2.45) is 0 Å². The van der Waals surface area contributed by atoms with Gasteiger partial charge in [-0.25, -0.2) is 20.8 Å². The molecule has 4 unspecified atom stereocenters. The molecule has 4 atom stereocenters. The smallest absolute Gasteiger partial charge is 0.257 e. The molecule has 51 heavy (non-hydrogen) atoms. The number of nitrogens with one attached hydrogen (secondary N) is 6. The zero-order valence-electron chi connectivity index (χ0n) is 28.5. The maximum atomic E-state index is 13.0. The Morgan fingerprint density at radius 1 is 0.647 bits per heavy atom. The van der Waals surface area contributed by atoms with Crippen LogP contribution in [0.15, 0.2) is 24.3 Å². The zero-order chi connectivity index (χ0) is 37.5. The SMILES string of the molecule is CCN(CCCl)c1cc(C(=O)NCCCN(C)CCCNC(=O)c2cc(N(CC)CCCl)c([NH+]([O-])O)cc2[NH+]([O-])O)c([NH+]([O-])O)cc1[NH+]([O-])O.Cl. The van der Waals surface area contributed by atoms with Gasteiger partial charge in [-0.05, 0) is 59.0 Å². The molecular formula is C29H48Cl3N9O10.